The maximum Gasteiger partial charge on any atom is 0.130 e. The molecule has 1 aromatic heterocycles. The minimum Gasteiger partial charge on any atom is -0.340 e. The fourth-order valence-electron chi connectivity index (χ4n) is 1.32. The smallest absolute Gasteiger partial charge is 0.130 e. The number of benzene rings is 1. The standard InChI is InChI=1S/C12H11BrN2/c1-9-10(13)5-4-6-11(9)15-12-7-2-3-8-14-12/h2-8H,1H3,(H,14,15). The third-order valence-electron chi connectivity index (χ3n) is 2.20. The highest BCUT2D eigenvalue weighted by Crippen LogP contribution is 2.25. The summed E-state index contributed by atoms with van der Waals surface area (Å²) in [5.74, 6) is 0.860. The molecule has 1 aromatic carbocycles. The third kappa shape index (κ3) is 2.36. The van der Waals surface area contributed by atoms with Crippen molar-refractivity contribution in [3.8, 4) is 0 Å². The fraction of sp³-hybridized carbons (Fsp3) is 0.0833. The highest BCUT2D eigenvalue weighted by Gasteiger charge is 2.01. The first kappa shape index (κ1) is 10.2. The molecule has 0 aliphatic carbocycles. The van der Waals surface area contributed by atoms with Crippen LogP contribution in [0.1, 0.15) is 5.56 Å². The van der Waals surface area contributed by atoms with Crippen LogP contribution in [0.15, 0.2) is 47.1 Å². The van der Waals surface area contributed by atoms with Crippen LogP contribution in [-0.4, -0.2) is 4.98 Å². The first-order valence-electron chi connectivity index (χ1n) is 4.70. The molecule has 0 fully saturated rings. The Balaban J connectivity index is 2.29. The Morgan fingerprint density at radius 1 is 1.13 bits per heavy atom. The van der Waals surface area contributed by atoms with Crippen LogP contribution in [0.4, 0.5) is 11.5 Å². The van der Waals surface area contributed by atoms with Crippen molar-refractivity contribution >= 4 is 27.4 Å². The van der Waals surface area contributed by atoms with E-state index in [0.29, 0.717) is 0 Å². The molecule has 0 bridgehead atoms. The topological polar surface area (TPSA) is 24.9 Å². The zero-order valence-corrected chi connectivity index (χ0v) is 9.95. The van der Waals surface area contributed by atoms with Crippen LogP contribution in [-0.2, 0) is 0 Å². The summed E-state index contributed by atoms with van der Waals surface area (Å²) in [6, 6.07) is 11.9. The van der Waals surface area contributed by atoms with Gasteiger partial charge in [0.2, 0.25) is 0 Å². The molecule has 1 N–H and O–H groups in total. The molecule has 2 nitrogen and oxygen atoms in total. The SMILES string of the molecule is Cc1c(Br)cccc1Nc1ccccn1. The summed E-state index contributed by atoms with van der Waals surface area (Å²) in [5.41, 5.74) is 2.26. The van der Waals surface area contributed by atoms with Crippen LogP contribution in [0.2, 0.25) is 0 Å². The predicted molar refractivity (Wildman–Crippen MR) is 66.4 cm³/mol. The van der Waals surface area contributed by atoms with Gasteiger partial charge in [0, 0.05) is 16.4 Å². The lowest BCUT2D eigenvalue weighted by Crippen LogP contribution is -1.95. The number of nitrogens with zero attached hydrogens (tertiary/aromatic N) is 1. The Labute approximate surface area is 97.5 Å². The number of hydrogen-bond donors (Lipinski definition) is 1. The van der Waals surface area contributed by atoms with Gasteiger partial charge in [-0.15, -0.1) is 0 Å². The second-order valence-electron chi connectivity index (χ2n) is 3.25. The molecule has 0 aliphatic heterocycles. The first-order chi connectivity index (χ1) is 7.27. The van der Waals surface area contributed by atoms with E-state index < -0.39 is 0 Å². The van der Waals surface area contributed by atoms with Gasteiger partial charge in [0.25, 0.3) is 0 Å². The maximum absolute atomic E-state index is 4.22. The van der Waals surface area contributed by atoms with Crippen molar-refractivity contribution in [2.75, 3.05) is 5.32 Å². The highest BCUT2D eigenvalue weighted by atomic mass is 79.9. The molecule has 0 amide bonds. The van der Waals surface area contributed by atoms with E-state index >= 15 is 0 Å². The Kier molecular flexibility index (Phi) is 3.02. The lowest BCUT2D eigenvalue weighted by molar-refractivity contribution is 1.29. The number of nitrogens with one attached hydrogen (secondary N) is 1. The van der Waals surface area contributed by atoms with Crippen molar-refractivity contribution in [3.63, 3.8) is 0 Å². The molecular weight excluding hydrogens is 252 g/mol. The molecule has 0 saturated heterocycles. The van der Waals surface area contributed by atoms with Gasteiger partial charge < -0.3 is 5.32 Å². The molecule has 0 spiro atoms. The zero-order chi connectivity index (χ0) is 10.7. The molecular formula is C12H11BrN2. The molecule has 2 aromatic rings. The van der Waals surface area contributed by atoms with Crippen LogP contribution in [0.5, 0.6) is 0 Å². The molecule has 2 rings (SSSR count). The van der Waals surface area contributed by atoms with Gasteiger partial charge in [-0.3, -0.25) is 0 Å². The quantitative estimate of drug-likeness (QED) is 0.888. The second-order valence-corrected chi connectivity index (χ2v) is 4.11. The molecule has 0 saturated carbocycles. The summed E-state index contributed by atoms with van der Waals surface area (Å²) in [6.07, 6.45) is 1.77. The van der Waals surface area contributed by atoms with E-state index in [1.807, 2.05) is 36.4 Å². The van der Waals surface area contributed by atoms with E-state index in [4.69, 9.17) is 0 Å². The number of rotatable bonds is 2. The number of anilines is 2. The zero-order valence-electron chi connectivity index (χ0n) is 8.37. The molecule has 1 heterocycles. The summed E-state index contributed by atoms with van der Waals surface area (Å²) in [7, 11) is 0. The van der Waals surface area contributed by atoms with Gasteiger partial charge in [-0.2, -0.15) is 0 Å². The molecule has 0 unspecified atom stereocenters. The number of pyridine rings is 1. The van der Waals surface area contributed by atoms with Gasteiger partial charge in [0.1, 0.15) is 5.82 Å². The predicted octanol–water partition coefficient (Wildman–Crippen LogP) is 3.90. The normalized spacial score (nSPS) is 10.0. The van der Waals surface area contributed by atoms with E-state index in [0.717, 1.165) is 16.0 Å². The van der Waals surface area contributed by atoms with E-state index in [1.54, 1.807) is 6.20 Å². The first-order valence-corrected chi connectivity index (χ1v) is 5.50. The monoisotopic (exact) mass is 262 g/mol. The van der Waals surface area contributed by atoms with Gasteiger partial charge in [-0.05, 0) is 36.8 Å². The van der Waals surface area contributed by atoms with Gasteiger partial charge in [-0.1, -0.05) is 28.1 Å². The van der Waals surface area contributed by atoms with Gasteiger partial charge >= 0.3 is 0 Å². The second kappa shape index (κ2) is 4.45. The van der Waals surface area contributed by atoms with Crippen molar-refractivity contribution in [2.24, 2.45) is 0 Å². The van der Waals surface area contributed by atoms with Crippen molar-refractivity contribution in [3.05, 3.63) is 52.6 Å². The van der Waals surface area contributed by atoms with Crippen molar-refractivity contribution in [1.29, 1.82) is 0 Å². The molecule has 76 valence electrons. The number of hydrogen-bond acceptors (Lipinski definition) is 2. The van der Waals surface area contributed by atoms with Gasteiger partial charge in [0.15, 0.2) is 0 Å². The maximum atomic E-state index is 4.22. The molecule has 0 atom stereocenters. The van der Waals surface area contributed by atoms with Crippen molar-refractivity contribution in [1.82, 2.24) is 4.98 Å². The minimum atomic E-state index is 0.860. The Morgan fingerprint density at radius 2 is 2.00 bits per heavy atom. The van der Waals surface area contributed by atoms with Gasteiger partial charge in [0.05, 0.1) is 0 Å². The van der Waals surface area contributed by atoms with Gasteiger partial charge in [-0.25, -0.2) is 4.98 Å². The average Bonchev–Trinajstić information content (AvgIpc) is 2.26. The Bertz CT molecular complexity index is 454. The lowest BCUT2D eigenvalue weighted by Gasteiger charge is -2.09. The van der Waals surface area contributed by atoms with Crippen molar-refractivity contribution in [2.45, 2.75) is 6.92 Å². The van der Waals surface area contributed by atoms with E-state index in [9.17, 15) is 0 Å². The largest absolute Gasteiger partial charge is 0.340 e. The minimum absolute atomic E-state index is 0.860. The van der Waals surface area contributed by atoms with Crippen LogP contribution >= 0.6 is 15.9 Å². The van der Waals surface area contributed by atoms with Crippen LogP contribution in [0.25, 0.3) is 0 Å². The Morgan fingerprint density at radius 3 is 2.73 bits per heavy atom. The number of aromatic nitrogens is 1. The third-order valence-corrected chi connectivity index (χ3v) is 3.05. The number of halogens is 1. The van der Waals surface area contributed by atoms with Crippen LogP contribution < -0.4 is 5.32 Å². The molecule has 0 radical (unpaired) electrons. The molecule has 3 heteroatoms. The van der Waals surface area contributed by atoms with E-state index in [-0.39, 0.29) is 0 Å². The summed E-state index contributed by atoms with van der Waals surface area (Å²) < 4.78 is 1.10. The summed E-state index contributed by atoms with van der Waals surface area (Å²) in [5, 5.41) is 3.27. The van der Waals surface area contributed by atoms with Crippen LogP contribution in [0.3, 0.4) is 0 Å². The lowest BCUT2D eigenvalue weighted by atomic mass is 10.2. The van der Waals surface area contributed by atoms with E-state index in [2.05, 4.69) is 33.2 Å². The molecule has 15 heavy (non-hydrogen) atoms. The molecule has 0 aliphatic rings. The highest BCUT2D eigenvalue weighted by molar-refractivity contribution is 9.10. The van der Waals surface area contributed by atoms with Crippen LogP contribution in [0, 0.1) is 6.92 Å². The summed E-state index contributed by atoms with van der Waals surface area (Å²) in [6.45, 7) is 2.06. The van der Waals surface area contributed by atoms with Crippen molar-refractivity contribution < 1.29 is 0 Å². The fourth-order valence-corrected chi connectivity index (χ4v) is 1.68. The summed E-state index contributed by atoms with van der Waals surface area (Å²) >= 11 is 3.50. The average molecular weight is 263 g/mol. The Hall–Kier alpha value is -1.35. The summed E-state index contributed by atoms with van der Waals surface area (Å²) in [4.78, 5) is 4.22. The van der Waals surface area contributed by atoms with E-state index in [1.165, 1.54) is 5.56 Å².